The lowest BCUT2D eigenvalue weighted by Gasteiger charge is -2.11. The molecule has 0 fully saturated rings. The molecule has 26 heavy (non-hydrogen) atoms. The summed E-state index contributed by atoms with van der Waals surface area (Å²) in [4.78, 5) is 12.5. The number of carbonyl (C=O) groups excluding carboxylic acids is 1. The highest BCUT2D eigenvalue weighted by Gasteiger charge is 2.14. The fourth-order valence-electron chi connectivity index (χ4n) is 2.61. The number of amides is 1. The molecule has 0 aliphatic rings. The van der Waals surface area contributed by atoms with E-state index in [0.29, 0.717) is 22.8 Å². The lowest BCUT2D eigenvalue weighted by molar-refractivity contribution is 0.0997. The highest BCUT2D eigenvalue weighted by molar-refractivity contribution is 7.83. The number of benzene rings is 2. The second kappa shape index (κ2) is 7.66. The lowest BCUT2D eigenvalue weighted by atomic mass is 10.1. The zero-order valence-electron chi connectivity index (χ0n) is 14.4. The summed E-state index contributed by atoms with van der Waals surface area (Å²) in [6.45, 7) is 1.88. The number of anilines is 1. The summed E-state index contributed by atoms with van der Waals surface area (Å²) in [5.41, 5.74) is 3.14. The van der Waals surface area contributed by atoms with Crippen LogP contribution in [-0.4, -0.2) is 16.4 Å². The molecule has 3 rings (SSSR count). The van der Waals surface area contributed by atoms with Crippen LogP contribution in [0.3, 0.4) is 0 Å². The Morgan fingerprint density at radius 1 is 1.12 bits per heavy atom. The van der Waals surface area contributed by atoms with E-state index in [1.165, 1.54) is 12.1 Å². The quantitative estimate of drug-likeness (QED) is 0.717. The van der Waals surface area contributed by atoms with E-state index in [1.807, 2.05) is 19.1 Å². The Hall–Kier alpha value is -2.73. The zero-order chi connectivity index (χ0) is 18.7. The van der Waals surface area contributed by atoms with E-state index < -0.39 is 10.8 Å². The van der Waals surface area contributed by atoms with Gasteiger partial charge in [-0.05, 0) is 60.5 Å². The molecule has 1 aromatic heterocycles. The van der Waals surface area contributed by atoms with Gasteiger partial charge in [-0.15, -0.1) is 0 Å². The molecule has 1 heterocycles. The molecule has 0 saturated heterocycles. The van der Waals surface area contributed by atoms with Crippen LogP contribution in [0.25, 0.3) is 11.3 Å². The summed E-state index contributed by atoms with van der Waals surface area (Å²) in [5.74, 6) is 0.374. The van der Waals surface area contributed by atoms with Crippen molar-refractivity contribution in [3.8, 4) is 11.3 Å². The topological polar surface area (TPSA) is 59.3 Å². The maximum Gasteiger partial charge on any atom is 0.291 e. The van der Waals surface area contributed by atoms with Gasteiger partial charge in [0.05, 0.1) is 0 Å². The molecule has 0 aliphatic carbocycles. The predicted molar refractivity (Wildman–Crippen MR) is 101 cm³/mol. The van der Waals surface area contributed by atoms with Crippen molar-refractivity contribution in [1.29, 1.82) is 0 Å². The van der Waals surface area contributed by atoms with Gasteiger partial charge in [-0.2, -0.15) is 0 Å². The molecule has 4 nitrogen and oxygen atoms in total. The van der Waals surface area contributed by atoms with Gasteiger partial charge in [-0.3, -0.25) is 9.00 Å². The van der Waals surface area contributed by atoms with Crippen molar-refractivity contribution in [1.82, 2.24) is 0 Å². The molecule has 3 aromatic rings. The van der Waals surface area contributed by atoms with Crippen LogP contribution in [0, 0.1) is 12.7 Å². The third kappa shape index (κ3) is 4.08. The number of halogens is 1. The van der Waals surface area contributed by atoms with Crippen molar-refractivity contribution in [2.45, 2.75) is 12.7 Å². The number of hydrogen-bond acceptors (Lipinski definition) is 3. The first kappa shape index (κ1) is 18.1. The van der Waals surface area contributed by atoms with Crippen LogP contribution in [0.4, 0.5) is 10.1 Å². The van der Waals surface area contributed by atoms with Gasteiger partial charge in [-0.1, -0.05) is 12.1 Å². The van der Waals surface area contributed by atoms with E-state index in [1.54, 1.807) is 36.6 Å². The molecule has 6 heteroatoms. The van der Waals surface area contributed by atoms with E-state index in [-0.39, 0.29) is 17.5 Å². The normalized spacial score (nSPS) is 12.0. The van der Waals surface area contributed by atoms with Crippen LogP contribution in [0.15, 0.2) is 59.0 Å². The average molecular weight is 371 g/mol. The van der Waals surface area contributed by atoms with Crippen LogP contribution in [0.1, 0.15) is 21.7 Å². The maximum atomic E-state index is 13.0. The van der Waals surface area contributed by atoms with Crippen LogP contribution in [0.5, 0.6) is 0 Å². The number of nitrogens with one attached hydrogen (secondary N) is 1. The van der Waals surface area contributed by atoms with E-state index in [9.17, 15) is 13.4 Å². The van der Waals surface area contributed by atoms with Crippen molar-refractivity contribution in [2.24, 2.45) is 0 Å². The summed E-state index contributed by atoms with van der Waals surface area (Å²) >= 11 is 0. The summed E-state index contributed by atoms with van der Waals surface area (Å²) in [7, 11) is -0.961. The van der Waals surface area contributed by atoms with Gasteiger partial charge in [0, 0.05) is 34.1 Å². The molecule has 1 N–H and O–H groups in total. The lowest BCUT2D eigenvalue weighted by Crippen LogP contribution is -2.12. The molecule has 2 aromatic carbocycles. The summed E-state index contributed by atoms with van der Waals surface area (Å²) in [6, 6.07) is 14.6. The Morgan fingerprint density at radius 3 is 2.54 bits per heavy atom. The molecule has 1 atom stereocenters. The SMILES string of the molecule is Cc1c(C[S@](C)=O)cccc1NC(=O)c1ccc(-c2ccc(F)cc2)o1. The zero-order valence-corrected chi connectivity index (χ0v) is 15.2. The first-order valence-corrected chi connectivity index (χ1v) is 9.72. The Kier molecular flexibility index (Phi) is 5.32. The van der Waals surface area contributed by atoms with E-state index in [4.69, 9.17) is 4.42 Å². The third-order valence-corrected chi connectivity index (χ3v) is 4.73. The molecule has 0 spiro atoms. The smallest absolute Gasteiger partial charge is 0.291 e. The van der Waals surface area contributed by atoms with E-state index >= 15 is 0 Å². The largest absolute Gasteiger partial charge is 0.451 e. The molecule has 0 aliphatic heterocycles. The van der Waals surface area contributed by atoms with Crippen LogP contribution in [-0.2, 0) is 16.6 Å². The van der Waals surface area contributed by atoms with Crippen molar-refractivity contribution < 1.29 is 17.8 Å². The molecule has 0 saturated carbocycles. The monoisotopic (exact) mass is 371 g/mol. The van der Waals surface area contributed by atoms with Crippen molar-refractivity contribution in [2.75, 3.05) is 11.6 Å². The number of furan rings is 1. The Bertz CT molecular complexity index is 963. The molecular weight excluding hydrogens is 353 g/mol. The molecular formula is C20H18FNO3S. The van der Waals surface area contributed by atoms with Gasteiger partial charge >= 0.3 is 0 Å². The second-order valence-corrected chi connectivity index (χ2v) is 7.37. The van der Waals surface area contributed by atoms with Gasteiger partial charge in [0.15, 0.2) is 5.76 Å². The Balaban J connectivity index is 1.79. The fourth-order valence-corrected chi connectivity index (χ4v) is 3.36. The third-order valence-electron chi connectivity index (χ3n) is 4.01. The van der Waals surface area contributed by atoms with E-state index in [2.05, 4.69) is 5.32 Å². The second-order valence-electron chi connectivity index (χ2n) is 5.93. The average Bonchev–Trinajstić information content (AvgIpc) is 3.09. The number of hydrogen-bond donors (Lipinski definition) is 1. The van der Waals surface area contributed by atoms with Crippen molar-refractivity contribution in [3.05, 3.63) is 77.3 Å². The van der Waals surface area contributed by atoms with Gasteiger partial charge in [0.25, 0.3) is 5.91 Å². The Morgan fingerprint density at radius 2 is 1.85 bits per heavy atom. The summed E-state index contributed by atoms with van der Waals surface area (Å²) in [6.07, 6.45) is 1.64. The minimum atomic E-state index is -0.961. The van der Waals surface area contributed by atoms with Crippen LogP contribution in [0.2, 0.25) is 0 Å². The highest BCUT2D eigenvalue weighted by Crippen LogP contribution is 2.24. The predicted octanol–water partition coefficient (Wildman–Crippen LogP) is 4.52. The minimum Gasteiger partial charge on any atom is -0.451 e. The molecule has 134 valence electrons. The summed E-state index contributed by atoms with van der Waals surface area (Å²) < 4.78 is 30.1. The van der Waals surface area contributed by atoms with Gasteiger partial charge in [0.1, 0.15) is 11.6 Å². The first-order chi connectivity index (χ1) is 12.4. The van der Waals surface area contributed by atoms with Gasteiger partial charge in [0.2, 0.25) is 0 Å². The molecule has 1 amide bonds. The molecule has 0 unspecified atom stereocenters. The van der Waals surface area contributed by atoms with Crippen LogP contribution >= 0.6 is 0 Å². The number of carbonyl (C=O) groups is 1. The van der Waals surface area contributed by atoms with Crippen molar-refractivity contribution >= 4 is 22.4 Å². The number of rotatable bonds is 5. The van der Waals surface area contributed by atoms with E-state index in [0.717, 1.165) is 11.1 Å². The minimum absolute atomic E-state index is 0.160. The fraction of sp³-hybridized carbons (Fsp3) is 0.150. The van der Waals surface area contributed by atoms with Gasteiger partial charge in [-0.25, -0.2) is 4.39 Å². The highest BCUT2D eigenvalue weighted by atomic mass is 32.2. The maximum absolute atomic E-state index is 13.0. The standard InChI is InChI=1S/C20H18FNO3S/c1-13-15(12-26(2)24)4-3-5-17(13)22-20(23)19-11-10-18(25-19)14-6-8-16(21)9-7-14/h3-11H,12H2,1-2H3,(H,22,23)/t26-/m0/s1. The summed E-state index contributed by atoms with van der Waals surface area (Å²) in [5, 5.41) is 2.82. The van der Waals surface area contributed by atoms with Crippen molar-refractivity contribution in [3.63, 3.8) is 0 Å². The molecule has 0 bridgehead atoms. The molecule has 0 radical (unpaired) electrons. The first-order valence-electron chi connectivity index (χ1n) is 7.99. The van der Waals surface area contributed by atoms with Crippen LogP contribution < -0.4 is 5.32 Å². The Labute approximate surface area is 153 Å². The van der Waals surface area contributed by atoms with Gasteiger partial charge < -0.3 is 9.73 Å².